The average molecular weight is 423 g/mol. The van der Waals surface area contributed by atoms with Crippen LogP contribution >= 0.6 is 0 Å². The van der Waals surface area contributed by atoms with Gasteiger partial charge in [0.25, 0.3) is 0 Å². The Labute approximate surface area is 193 Å². The van der Waals surface area contributed by atoms with Crippen LogP contribution < -0.4 is 4.74 Å². The van der Waals surface area contributed by atoms with Crippen molar-refractivity contribution in [2.45, 2.75) is 39.7 Å². The third-order valence-electron chi connectivity index (χ3n) is 5.38. The molecule has 0 amide bonds. The van der Waals surface area contributed by atoms with Crippen LogP contribution in [0, 0.1) is 5.92 Å². The summed E-state index contributed by atoms with van der Waals surface area (Å²) in [6, 6.07) is 40.0. The van der Waals surface area contributed by atoms with Gasteiger partial charge in [0.1, 0.15) is 5.75 Å². The van der Waals surface area contributed by atoms with Gasteiger partial charge in [0, 0.05) is 16.7 Å². The fraction of sp³-hybridized carbons (Fsp3) is 0.226. The van der Waals surface area contributed by atoms with Gasteiger partial charge in [-0.05, 0) is 30.0 Å². The maximum atomic E-state index is 6.92. The van der Waals surface area contributed by atoms with Gasteiger partial charge < -0.3 is 4.74 Å². The highest BCUT2D eigenvalue weighted by atomic mass is 16.5. The van der Waals surface area contributed by atoms with Gasteiger partial charge in [-0.1, -0.05) is 131 Å². The lowest BCUT2D eigenvalue weighted by atomic mass is 9.80. The van der Waals surface area contributed by atoms with Crippen LogP contribution in [0.2, 0.25) is 0 Å². The van der Waals surface area contributed by atoms with Crippen molar-refractivity contribution in [2.24, 2.45) is 5.92 Å². The summed E-state index contributed by atoms with van der Waals surface area (Å²) in [5, 5.41) is 0. The van der Waals surface area contributed by atoms with Crippen molar-refractivity contribution in [2.75, 3.05) is 0 Å². The summed E-state index contributed by atoms with van der Waals surface area (Å²) in [4.78, 5) is 0. The van der Waals surface area contributed by atoms with E-state index >= 15 is 0 Å². The zero-order valence-corrected chi connectivity index (χ0v) is 19.7. The number of hydrogen-bond acceptors (Lipinski definition) is 1. The number of rotatable bonds is 7. The van der Waals surface area contributed by atoms with Crippen LogP contribution in [-0.4, -0.2) is 0 Å². The standard InChI is InChI=1S/C29H28O.C2H6/c1-23(2)22-24-18-20-28(21-19-24)30-29(25-12-6-3-7-13-25,26-14-8-4-9-15-26)27-16-10-5-11-17-27;1-2/h3-21,23H,22H2,1-2H3;1-2H3. The maximum absolute atomic E-state index is 6.92. The Morgan fingerprint density at radius 1 is 0.562 bits per heavy atom. The van der Waals surface area contributed by atoms with E-state index in [1.54, 1.807) is 0 Å². The summed E-state index contributed by atoms with van der Waals surface area (Å²) >= 11 is 0. The maximum Gasteiger partial charge on any atom is 0.184 e. The molecular weight excluding hydrogens is 388 g/mol. The number of hydrogen-bond donors (Lipinski definition) is 0. The summed E-state index contributed by atoms with van der Waals surface area (Å²) < 4.78 is 6.92. The first-order chi connectivity index (χ1) is 15.7. The molecule has 0 saturated carbocycles. The molecule has 4 aromatic carbocycles. The van der Waals surface area contributed by atoms with Gasteiger partial charge in [0.2, 0.25) is 0 Å². The average Bonchev–Trinajstić information content (AvgIpc) is 2.86. The van der Waals surface area contributed by atoms with Crippen LogP contribution in [0.3, 0.4) is 0 Å². The quantitative estimate of drug-likeness (QED) is 0.272. The minimum atomic E-state index is -0.733. The molecule has 0 spiro atoms. The van der Waals surface area contributed by atoms with Gasteiger partial charge >= 0.3 is 0 Å². The van der Waals surface area contributed by atoms with Crippen LogP contribution in [0.15, 0.2) is 115 Å². The Morgan fingerprint density at radius 2 is 0.938 bits per heavy atom. The number of ether oxygens (including phenoxy) is 1. The van der Waals surface area contributed by atoms with E-state index in [0.29, 0.717) is 5.92 Å². The Morgan fingerprint density at radius 3 is 1.28 bits per heavy atom. The minimum Gasteiger partial charge on any atom is -0.473 e. The summed E-state index contributed by atoms with van der Waals surface area (Å²) in [5.41, 5.74) is 3.92. The van der Waals surface area contributed by atoms with E-state index in [9.17, 15) is 0 Å². The first-order valence-corrected chi connectivity index (χ1v) is 11.6. The van der Waals surface area contributed by atoms with Crippen molar-refractivity contribution in [1.29, 1.82) is 0 Å². The third kappa shape index (κ3) is 5.29. The zero-order chi connectivity index (χ0) is 22.8. The summed E-state index contributed by atoms with van der Waals surface area (Å²) in [6.07, 6.45) is 1.07. The third-order valence-corrected chi connectivity index (χ3v) is 5.38. The second-order valence-electron chi connectivity index (χ2n) is 8.12. The van der Waals surface area contributed by atoms with E-state index in [1.165, 1.54) is 5.56 Å². The molecule has 0 atom stereocenters. The molecule has 32 heavy (non-hydrogen) atoms. The molecule has 0 aliphatic rings. The highest BCUT2D eigenvalue weighted by Gasteiger charge is 2.38. The van der Waals surface area contributed by atoms with Crippen molar-refractivity contribution in [3.63, 3.8) is 0 Å². The van der Waals surface area contributed by atoms with Crippen molar-refractivity contribution in [1.82, 2.24) is 0 Å². The molecule has 1 nitrogen and oxygen atoms in total. The van der Waals surface area contributed by atoms with Gasteiger partial charge in [-0.3, -0.25) is 0 Å². The summed E-state index contributed by atoms with van der Waals surface area (Å²) in [6.45, 7) is 8.49. The van der Waals surface area contributed by atoms with Gasteiger partial charge in [-0.15, -0.1) is 0 Å². The molecule has 0 aliphatic heterocycles. The molecule has 0 N–H and O–H groups in total. The van der Waals surface area contributed by atoms with E-state index in [-0.39, 0.29) is 0 Å². The molecule has 164 valence electrons. The molecule has 0 saturated heterocycles. The normalized spacial score (nSPS) is 10.9. The fourth-order valence-corrected chi connectivity index (χ4v) is 4.04. The zero-order valence-electron chi connectivity index (χ0n) is 19.7. The molecule has 0 fully saturated rings. The molecule has 1 heteroatoms. The summed E-state index contributed by atoms with van der Waals surface area (Å²) in [5.74, 6) is 1.49. The van der Waals surface area contributed by atoms with E-state index in [0.717, 1.165) is 28.9 Å². The van der Waals surface area contributed by atoms with Crippen LogP contribution in [0.25, 0.3) is 0 Å². The number of benzene rings is 4. The van der Waals surface area contributed by atoms with Crippen molar-refractivity contribution < 1.29 is 4.74 Å². The lowest BCUT2D eigenvalue weighted by Gasteiger charge is -2.36. The Balaban J connectivity index is 0.00000141. The highest BCUT2D eigenvalue weighted by Crippen LogP contribution is 2.41. The molecule has 0 radical (unpaired) electrons. The second kappa shape index (κ2) is 11.3. The lowest BCUT2D eigenvalue weighted by molar-refractivity contribution is 0.155. The predicted molar refractivity (Wildman–Crippen MR) is 136 cm³/mol. The van der Waals surface area contributed by atoms with Gasteiger partial charge in [-0.2, -0.15) is 0 Å². The largest absolute Gasteiger partial charge is 0.473 e. The first-order valence-electron chi connectivity index (χ1n) is 11.6. The molecule has 0 aliphatic carbocycles. The van der Waals surface area contributed by atoms with Crippen molar-refractivity contribution >= 4 is 0 Å². The molecule has 0 heterocycles. The Hall–Kier alpha value is -3.32. The first kappa shape index (κ1) is 23.3. The van der Waals surface area contributed by atoms with E-state index in [2.05, 4.69) is 111 Å². The smallest absolute Gasteiger partial charge is 0.184 e. The van der Waals surface area contributed by atoms with E-state index < -0.39 is 5.60 Å². The Bertz CT molecular complexity index is 939. The highest BCUT2D eigenvalue weighted by molar-refractivity contribution is 5.49. The van der Waals surface area contributed by atoms with Crippen molar-refractivity contribution in [3.05, 3.63) is 138 Å². The fourth-order valence-electron chi connectivity index (χ4n) is 4.04. The van der Waals surface area contributed by atoms with Crippen molar-refractivity contribution in [3.8, 4) is 5.75 Å². The van der Waals surface area contributed by atoms with E-state index in [1.807, 2.05) is 32.0 Å². The molecular formula is C31H34O. The molecule has 4 rings (SSSR count). The Kier molecular flexibility index (Phi) is 8.27. The lowest BCUT2D eigenvalue weighted by Crippen LogP contribution is -2.36. The van der Waals surface area contributed by atoms with Crippen LogP contribution in [0.1, 0.15) is 49.9 Å². The topological polar surface area (TPSA) is 9.23 Å². The second-order valence-corrected chi connectivity index (χ2v) is 8.12. The van der Waals surface area contributed by atoms with Crippen LogP contribution in [0.5, 0.6) is 5.75 Å². The molecule has 4 aromatic rings. The van der Waals surface area contributed by atoms with Crippen LogP contribution in [-0.2, 0) is 12.0 Å². The summed E-state index contributed by atoms with van der Waals surface area (Å²) in [7, 11) is 0. The molecule has 0 unspecified atom stereocenters. The van der Waals surface area contributed by atoms with Gasteiger partial charge in [0.05, 0.1) is 0 Å². The SMILES string of the molecule is CC.CC(C)Cc1ccc(OC(c2ccccc2)(c2ccccc2)c2ccccc2)cc1. The van der Waals surface area contributed by atoms with E-state index in [4.69, 9.17) is 4.74 Å². The van der Waals surface area contributed by atoms with Gasteiger partial charge in [-0.25, -0.2) is 0 Å². The predicted octanol–water partition coefficient (Wildman–Crippen LogP) is 8.28. The molecule has 0 aromatic heterocycles. The minimum absolute atomic E-state index is 0.633. The van der Waals surface area contributed by atoms with Crippen LogP contribution in [0.4, 0.5) is 0 Å². The molecule has 0 bridgehead atoms. The van der Waals surface area contributed by atoms with Gasteiger partial charge in [0.15, 0.2) is 5.60 Å². The monoisotopic (exact) mass is 422 g/mol.